The van der Waals surface area contributed by atoms with Crippen molar-refractivity contribution in [1.29, 1.82) is 0 Å². The molecule has 6 heteroatoms. The summed E-state index contributed by atoms with van der Waals surface area (Å²) >= 11 is 0. The Morgan fingerprint density at radius 1 is 1.28 bits per heavy atom. The minimum absolute atomic E-state index is 0.0620. The fourth-order valence-electron chi connectivity index (χ4n) is 3.16. The molecule has 2 heterocycles. The number of carbonyl (C=O) groups excluding carboxylic acids is 1. The van der Waals surface area contributed by atoms with Gasteiger partial charge in [0.15, 0.2) is 5.82 Å². The van der Waals surface area contributed by atoms with Crippen molar-refractivity contribution in [2.24, 2.45) is 5.92 Å². The molecule has 0 radical (unpaired) electrons. The van der Waals surface area contributed by atoms with Gasteiger partial charge in [-0.15, -0.1) is 0 Å². The molecule has 1 aromatic carbocycles. The monoisotopic (exact) mass is 343 g/mol. The molecule has 1 N–H and O–H groups in total. The van der Waals surface area contributed by atoms with Crippen LogP contribution < -0.4 is 5.32 Å². The van der Waals surface area contributed by atoms with Crippen LogP contribution in [-0.2, 0) is 16.0 Å². The van der Waals surface area contributed by atoms with Crippen LogP contribution in [0, 0.1) is 19.8 Å². The molecule has 2 atom stereocenters. The maximum atomic E-state index is 12.6. The van der Waals surface area contributed by atoms with Gasteiger partial charge in [0.25, 0.3) is 0 Å². The molecule has 1 aliphatic heterocycles. The predicted molar refractivity (Wildman–Crippen MR) is 93.0 cm³/mol. The maximum Gasteiger partial charge on any atom is 0.226 e. The summed E-state index contributed by atoms with van der Waals surface area (Å²) in [5.74, 6) is 1.18. The van der Waals surface area contributed by atoms with E-state index >= 15 is 0 Å². The van der Waals surface area contributed by atoms with Crippen LogP contribution in [0.25, 0.3) is 0 Å². The van der Waals surface area contributed by atoms with Crippen LogP contribution in [0.4, 0.5) is 0 Å². The Hall–Kier alpha value is -2.21. The van der Waals surface area contributed by atoms with Crippen molar-refractivity contribution in [3.8, 4) is 0 Å². The van der Waals surface area contributed by atoms with E-state index in [1.54, 1.807) is 6.92 Å². The van der Waals surface area contributed by atoms with Crippen molar-refractivity contribution in [2.45, 2.75) is 45.6 Å². The summed E-state index contributed by atoms with van der Waals surface area (Å²) < 4.78 is 11.0. The Kier molecular flexibility index (Phi) is 5.81. The second-order valence-corrected chi connectivity index (χ2v) is 6.58. The van der Waals surface area contributed by atoms with Gasteiger partial charge in [-0.3, -0.25) is 4.79 Å². The highest BCUT2D eigenvalue weighted by molar-refractivity contribution is 5.79. The van der Waals surface area contributed by atoms with Crippen molar-refractivity contribution < 1.29 is 14.1 Å². The van der Waals surface area contributed by atoms with Crippen molar-refractivity contribution >= 4 is 5.91 Å². The van der Waals surface area contributed by atoms with Crippen LogP contribution in [0.5, 0.6) is 0 Å². The summed E-state index contributed by atoms with van der Waals surface area (Å²) in [6.45, 7) is 5.15. The molecule has 1 saturated heterocycles. The first-order chi connectivity index (χ1) is 12.1. The van der Waals surface area contributed by atoms with Crippen molar-refractivity contribution in [1.82, 2.24) is 15.5 Å². The lowest BCUT2D eigenvalue weighted by Crippen LogP contribution is -2.38. The van der Waals surface area contributed by atoms with Gasteiger partial charge >= 0.3 is 0 Å². The summed E-state index contributed by atoms with van der Waals surface area (Å²) in [6, 6.07) is 8.25. The van der Waals surface area contributed by atoms with Crippen LogP contribution in [0.3, 0.4) is 0 Å². The van der Waals surface area contributed by atoms with E-state index in [1.807, 2.05) is 0 Å². The van der Waals surface area contributed by atoms with E-state index in [1.165, 1.54) is 5.56 Å². The molecular formula is C19H25N3O3. The molecule has 0 bridgehead atoms. The lowest BCUT2D eigenvalue weighted by Gasteiger charge is -2.31. The fourth-order valence-corrected chi connectivity index (χ4v) is 3.16. The second-order valence-electron chi connectivity index (χ2n) is 6.58. The van der Waals surface area contributed by atoms with Crippen LogP contribution in [0.2, 0.25) is 0 Å². The SMILES string of the molecule is Cc1ccc([C@@H]2OCCC[C@H]2C(=O)NCCCc2nc(C)no2)cc1. The first kappa shape index (κ1) is 17.6. The summed E-state index contributed by atoms with van der Waals surface area (Å²) in [4.78, 5) is 16.8. The average molecular weight is 343 g/mol. The Morgan fingerprint density at radius 3 is 2.80 bits per heavy atom. The number of nitrogens with one attached hydrogen (secondary N) is 1. The molecule has 1 fully saturated rings. The largest absolute Gasteiger partial charge is 0.373 e. The van der Waals surface area contributed by atoms with Gasteiger partial charge in [-0.1, -0.05) is 35.0 Å². The normalized spacial score (nSPS) is 20.4. The number of amides is 1. The molecule has 0 unspecified atom stereocenters. The zero-order chi connectivity index (χ0) is 17.6. The zero-order valence-electron chi connectivity index (χ0n) is 14.8. The second kappa shape index (κ2) is 8.25. The number of carbonyl (C=O) groups is 1. The fraction of sp³-hybridized carbons (Fsp3) is 0.526. The molecule has 6 nitrogen and oxygen atoms in total. The summed E-state index contributed by atoms with van der Waals surface area (Å²) in [5, 5.41) is 6.80. The Labute approximate surface area is 148 Å². The van der Waals surface area contributed by atoms with Gasteiger partial charge in [0.2, 0.25) is 11.8 Å². The molecule has 1 amide bonds. The molecule has 1 aliphatic rings. The van der Waals surface area contributed by atoms with E-state index in [4.69, 9.17) is 9.26 Å². The van der Waals surface area contributed by atoms with Gasteiger partial charge in [-0.05, 0) is 38.7 Å². The minimum atomic E-state index is -0.159. The molecule has 25 heavy (non-hydrogen) atoms. The summed E-state index contributed by atoms with van der Waals surface area (Å²) in [6.07, 6.45) is 3.06. The van der Waals surface area contributed by atoms with E-state index in [0.717, 1.165) is 24.8 Å². The minimum Gasteiger partial charge on any atom is -0.373 e. The average Bonchev–Trinajstić information content (AvgIpc) is 3.04. The number of nitrogens with zero attached hydrogens (tertiary/aromatic N) is 2. The van der Waals surface area contributed by atoms with Gasteiger partial charge in [0.05, 0.1) is 12.0 Å². The Morgan fingerprint density at radius 2 is 2.08 bits per heavy atom. The highest BCUT2D eigenvalue weighted by Gasteiger charge is 2.32. The number of ether oxygens (including phenoxy) is 1. The van der Waals surface area contributed by atoms with Gasteiger partial charge in [0, 0.05) is 19.6 Å². The van der Waals surface area contributed by atoms with Gasteiger partial charge in [0.1, 0.15) is 0 Å². The summed E-state index contributed by atoms with van der Waals surface area (Å²) in [7, 11) is 0. The van der Waals surface area contributed by atoms with E-state index in [2.05, 4.69) is 46.6 Å². The van der Waals surface area contributed by atoms with Crippen molar-refractivity contribution in [3.05, 3.63) is 47.1 Å². The zero-order valence-corrected chi connectivity index (χ0v) is 14.8. The highest BCUT2D eigenvalue weighted by Crippen LogP contribution is 2.33. The van der Waals surface area contributed by atoms with Gasteiger partial charge < -0.3 is 14.6 Å². The molecule has 134 valence electrons. The Balaban J connectivity index is 1.52. The number of hydrogen-bond donors (Lipinski definition) is 1. The molecule has 0 spiro atoms. The third-order valence-corrected chi connectivity index (χ3v) is 4.50. The van der Waals surface area contributed by atoms with Crippen LogP contribution in [0.1, 0.15) is 48.2 Å². The topological polar surface area (TPSA) is 77.2 Å². The smallest absolute Gasteiger partial charge is 0.226 e. The third-order valence-electron chi connectivity index (χ3n) is 4.50. The molecule has 1 aromatic heterocycles. The van der Waals surface area contributed by atoms with Crippen molar-refractivity contribution in [3.63, 3.8) is 0 Å². The lowest BCUT2D eigenvalue weighted by molar-refractivity contribution is -0.134. The number of aromatic nitrogens is 2. The highest BCUT2D eigenvalue weighted by atomic mass is 16.5. The maximum absolute atomic E-state index is 12.6. The van der Waals surface area contributed by atoms with Crippen molar-refractivity contribution in [2.75, 3.05) is 13.2 Å². The van der Waals surface area contributed by atoms with E-state index < -0.39 is 0 Å². The molecule has 0 saturated carbocycles. The number of aryl methyl sites for hydroxylation is 3. The van der Waals surface area contributed by atoms with Gasteiger partial charge in [-0.2, -0.15) is 4.98 Å². The number of rotatable bonds is 6. The standard InChI is InChI=1S/C19H25N3O3/c1-13-7-9-15(10-8-13)18-16(5-4-12-24-18)19(23)20-11-3-6-17-21-14(2)22-25-17/h7-10,16,18H,3-6,11-12H2,1-2H3,(H,20,23)/t16-,18+/m1/s1. The predicted octanol–water partition coefficient (Wildman–Crippen LogP) is 2.90. The van der Waals surface area contributed by atoms with Crippen LogP contribution in [-0.4, -0.2) is 29.2 Å². The first-order valence-corrected chi connectivity index (χ1v) is 8.88. The third kappa shape index (κ3) is 4.66. The number of hydrogen-bond acceptors (Lipinski definition) is 5. The number of benzene rings is 1. The molecule has 2 aromatic rings. The Bertz CT molecular complexity index is 696. The van der Waals surface area contributed by atoms with Gasteiger partial charge in [-0.25, -0.2) is 0 Å². The quantitative estimate of drug-likeness (QED) is 0.816. The molecule has 0 aliphatic carbocycles. The molecule has 3 rings (SSSR count). The van der Waals surface area contributed by atoms with E-state index in [0.29, 0.717) is 31.3 Å². The molecular weight excluding hydrogens is 318 g/mol. The first-order valence-electron chi connectivity index (χ1n) is 8.88. The summed E-state index contributed by atoms with van der Waals surface area (Å²) in [5.41, 5.74) is 2.28. The van der Waals surface area contributed by atoms with E-state index in [-0.39, 0.29) is 17.9 Å². The lowest BCUT2D eigenvalue weighted by atomic mass is 9.88. The van der Waals surface area contributed by atoms with Crippen LogP contribution >= 0.6 is 0 Å². The van der Waals surface area contributed by atoms with Crippen LogP contribution in [0.15, 0.2) is 28.8 Å². The van der Waals surface area contributed by atoms with E-state index in [9.17, 15) is 4.79 Å².